The predicted octanol–water partition coefficient (Wildman–Crippen LogP) is -0.352. The van der Waals surface area contributed by atoms with E-state index in [0.717, 1.165) is 12.8 Å². The highest BCUT2D eigenvalue weighted by Gasteiger charge is 2.30. The van der Waals surface area contributed by atoms with Crippen LogP contribution in [0.4, 0.5) is 5.69 Å². The number of aryl methyl sites for hydroxylation is 2. The molecule has 0 aliphatic carbocycles. The number of nitrogen functional groups attached to an aromatic ring is 1. The molecule has 2 rings (SSSR count). The molecule has 7 heteroatoms. The smallest absolute Gasteiger partial charge is 0.274 e. The Morgan fingerprint density at radius 3 is 2.63 bits per heavy atom. The van der Waals surface area contributed by atoms with Gasteiger partial charge in [0.1, 0.15) is 5.69 Å². The van der Waals surface area contributed by atoms with E-state index in [1.807, 2.05) is 0 Å². The number of likely N-dealkylation sites (tertiary alicyclic amines) is 1. The van der Waals surface area contributed by atoms with Crippen molar-refractivity contribution in [2.45, 2.75) is 19.8 Å². The Labute approximate surface area is 111 Å². The number of carbonyl (C=O) groups excluding carboxylic acids is 2. The van der Waals surface area contributed by atoms with Crippen molar-refractivity contribution in [2.24, 2.45) is 18.7 Å². The van der Waals surface area contributed by atoms with Crippen molar-refractivity contribution < 1.29 is 9.59 Å². The Kier molecular flexibility index (Phi) is 3.46. The van der Waals surface area contributed by atoms with Crippen LogP contribution in [0.3, 0.4) is 0 Å². The molecule has 0 aromatic carbocycles. The summed E-state index contributed by atoms with van der Waals surface area (Å²) in [7, 11) is 1.69. The van der Waals surface area contributed by atoms with Crippen LogP contribution in [0.2, 0.25) is 0 Å². The molecule has 0 saturated carbocycles. The summed E-state index contributed by atoms with van der Waals surface area (Å²) in [6, 6.07) is 0. The number of carbonyl (C=O) groups is 2. The standard InChI is InChI=1S/C12H19N5O2/c1-7-9(13)10(16(2)15-7)12(19)17-5-3-4-8(6-17)11(14)18/h8H,3-6,13H2,1-2H3,(H2,14,18). The normalized spacial score (nSPS) is 19.5. The molecule has 1 aromatic heterocycles. The van der Waals surface area contributed by atoms with Crippen LogP contribution >= 0.6 is 0 Å². The Balaban J connectivity index is 2.22. The first-order chi connectivity index (χ1) is 8.91. The fraction of sp³-hybridized carbons (Fsp3) is 0.583. The maximum atomic E-state index is 12.5. The van der Waals surface area contributed by atoms with E-state index in [0.29, 0.717) is 30.2 Å². The highest BCUT2D eigenvalue weighted by Crippen LogP contribution is 2.22. The molecule has 1 saturated heterocycles. The summed E-state index contributed by atoms with van der Waals surface area (Å²) in [6.07, 6.45) is 1.51. The van der Waals surface area contributed by atoms with Crippen LogP contribution in [0, 0.1) is 12.8 Å². The fourth-order valence-corrected chi connectivity index (χ4v) is 2.47. The van der Waals surface area contributed by atoms with Crippen molar-refractivity contribution in [1.29, 1.82) is 0 Å². The number of amides is 2. The maximum absolute atomic E-state index is 12.5. The van der Waals surface area contributed by atoms with Crippen molar-refractivity contribution in [1.82, 2.24) is 14.7 Å². The lowest BCUT2D eigenvalue weighted by atomic mass is 9.97. The molecule has 19 heavy (non-hydrogen) atoms. The lowest BCUT2D eigenvalue weighted by molar-refractivity contribution is -0.123. The van der Waals surface area contributed by atoms with Gasteiger partial charge in [0.05, 0.1) is 17.3 Å². The van der Waals surface area contributed by atoms with Gasteiger partial charge in [0.2, 0.25) is 5.91 Å². The van der Waals surface area contributed by atoms with Crippen molar-refractivity contribution >= 4 is 17.5 Å². The summed E-state index contributed by atoms with van der Waals surface area (Å²) in [4.78, 5) is 25.3. The number of nitrogens with two attached hydrogens (primary N) is 2. The van der Waals surface area contributed by atoms with Crippen molar-refractivity contribution in [3.05, 3.63) is 11.4 Å². The van der Waals surface area contributed by atoms with Gasteiger partial charge >= 0.3 is 0 Å². The van der Waals surface area contributed by atoms with Gasteiger partial charge in [0.25, 0.3) is 5.91 Å². The first kappa shape index (κ1) is 13.4. The minimum Gasteiger partial charge on any atom is -0.395 e. The maximum Gasteiger partial charge on any atom is 0.274 e. The minimum absolute atomic E-state index is 0.188. The van der Waals surface area contributed by atoms with Crippen LogP contribution in [0.25, 0.3) is 0 Å². The second-order valence-electron chi connectivity index (χ2n) is 4.96. The largest absolute Gasteiger partial charge is 0.395 e. The van der Waals surface area contributed by atoms with Gasteiger partial charge in [-0.25, -0.2) is 0 Å². The van der Waals surface area contributed by atoms with Gasteiger partial charge in [-0.3, -0.25) is 14.3 Å². The first-order valence-corrected chi connectivity index (χ1v) is 6.29. The number of anilines is 1. The molecule has 0 bridgehead atoms. The molecule has 2 amide bonds. The van der Waals surface area contributed by atoms with E-state index in [2.05, 4.69) is 5.10 Å². The molecule has 1 unspecified atom stereocenters. The molecular formula is C12H19N5O2. The van der Waals surface area contributed by atoms with E-state index in [-0.39, 0.29) is 17.7 Å². The first-order valence-electron chi connectivity index (χ1n) is 6.29. The third-order valence-electron chi connectivity index (χ3n) is 3.58. The molecule has 0 radical (unpaired) electrons. The van der Waals surface area contributed by atoms with E-state index in [1.54, 1.807) is 18.9 Å². The van der Waals surface area contributed by atoms with Gasteiger partial charge in [0, 0.05) is 20.1 Å². The van der Waals surface area contributed by atoms with Gasteiger partial charge in [-0.1, -0.05) is 0 Å². The molecule has 2 heterocycles. The number of nitrogens with zero attached hydrogens (tertiary/aromatic N) is 3. The number of primary amides is 1. The summed E-state index contributed by atoms with van der Waals surface area (Å²) in [6.45, 7) is 2.73. The van der Waals surface area contributed by atoms with Crippen LogP contribution in [0.1, 0.15) is 29.0 Å². The number of aromatic nitrogens is 2. The van der Waals surface area contributed by atoms with Crippen LogP contribution in [-0.2, 0) is 11.8 Å². The molecule has 1 aromatic rings. The number of hydrogen-bond donors (Lipinski definition) is 2. The molecule has 1 aliphatic heterocycles. The van der Waals surface area contributed by atoms with Crippen molar-refractivity contribution in [3.63, 3.8) is 0 Å². The topological polar surface area (TPSA) is 107 Å². The summed E-state index contributed by atoms with van der Waals surface area (Å²) >= 11 is 0. The predicted molar refractivity (Wildman–Crippen MR) is 70.2 cm³/mol. The summed E-state index contributed by atoms with van der Waals surface area (Å²) < 4.78 is 1.49. The summed E-state index contributed by atoms with van der Waals surface area (Å²) in [5.41, 5.74) is 12.6. The zero-order chi connectivity index (χ0) is 14.2. The molecule has 4 N–H and O–H groups in total. The molecule has 104 valence electrons. The Morgan fingerprint density at radius 2 is 2.11 bits per heavy atom. The third kappa shape index (κ3) is 2.40. The lowest BCUT2D eigenvalue weighted by Crippen LogP contribution is -2.44. The Morgan fingerprint density at radius 1 is 1.42 bits per heavy atom. The third-order valence-corrected chi connectivity index (χ3v) is 3.58. The van der Waals surface area contributed by atoms with Gasteiger partial charge in [0.15, 0.2) is 0 Å². The second-order valence-corrected chi connectivity index (χ2v) is 4.96. The average molecular weight is 265 g/mol. The highest BCUT2D eigenvalue weighted by molar-refractivity contribution is 5.98. The van der Waals surface area contributed by atoms with Gasteiger partial charge in [-0.15, -0.1) is 0 Å². The zero-order valence-electron chi connectivity index (χ0n) is 11.2. The molecule has 1 fully saturated rings. The SMILES string of the molecule is Cc1nn(C)c(C(=O)N2CCCC(C(N)=O)C2)c1N. The van der Waals surface area contributed by atoms with E-state index in [9.17, 15) is 9.59 Å². The van der Waals surface area contributed by atoms with E-state index in [4.69, 9.17) is 11.5 Å². The van der Waals surface area contributed by atoms with Crippen LogP contribution < -0.4 is 11.5 Å². The zero-order valence-corrected chi connectivity index (χ0v) is 11.2. The second kappa shape index (κ2) is 4.91. The Bertz CT molecular complexity index is 522. The fourth-order valence-electron chi connectivity index (χ4n) is 2.47. The number of piperidine rings is 1. The monoisotopic (exact) mass is 265 g/mol. The molecule has 1 aliphatic rings. The average Bonchev–Trinajstić information content (AvgIpc) is 2.62. The van der Waals surface area contributed by atoms with E-state index < -0.39 is 0 Å². The van der Waals surface area contributed by atoms with Crippen LogP contribution in [0.15, 0.2) is 0 Å². The highest BCUT2D eigenvalue weighted by atomic mass is 16.2. The van der Waals surface area contributed by atoms with Crippen molar-refractivity contribution in [3.8, 4) is 0 Å². The van der Waals surface area contributed by atoms with Crippen molar-refractivity contribution in [2.75, 3.05) is 18.8 Å². The summed E-state index contributed by atoms with van der Waals surface area (Å²) in [5, 5.41) is 4.13. The summed E-state index contributed by atoms with van der Waals surface area (Å²) in [5.74, 6) is -0.813. The quantitative estimate of drug-likeness (QED) is 0.761. The number of rotatable bonds is 2. The van der Waals surface area contributed by atoms with Gasteiger partial charge in [-0.05, 0) is 19.8 Å². The van der Waals surface area contributed by atoms with E-state index in [1.165, 1.54) is 4.68 Å². The number of hydrogen-bond acceptors (Lipinski definition) is 4. The van der Waals surface area contributed by atoms with Crippen LogP contribution in [0.5, 0.6) is 0 Å². The molecule has 1 atom stereocenters. The van der Waals surface area contributed by atoms with Gasteiger partial charge < -0.3 is 16.4 Å². The van der Waals surface area contributed by atoms with Crippen LogP contribution in [-0.4, -0.2) is 39.6 Å². The molecule has 7 nitrogen and oxygen atoms in total. The minimum atomic E-state index is -0.355. The van der Waals surface area contributed by atoms with E-state index >= 15 is 0 Å². The van der Waals surface area contributed by atoms with Gasteiger partial charge in [-0.2, -0.15) is 5.10 Å². The molecular weight excluding hydrogens is 246 g/mol. The molecule has 0 spiro atoms. The Hall–Kier alpha value is -2.05. The lowest BCUT2D eigenvalue weighted by Gasteiger charge is -2.31.